The Morgan fingerprint density at radius 1 is 1.23 bits per heavy atom. The summed E-state index contributed by atoms with van der Waals surface area (Å²) in [5.74, 6) is 0.460. The summed E-state index contributed by atoms with van der Waals surface area (Å²) >= 11 is 0. The highest BCUT2D eigenvalue weighted by atomic mass is 16.2. The molecule has 0 bridgehead atoms. The monoisotopic (exact) mass is 467 g/mol. The Hall–Kier alpha value is -3.92. The number of rotatable bonds is 4. The van der Waals surface area contributed by atoms with Crippen molar-refractivity contribution in [3.05, 3.63) is 76.9 Å². The maximum absolute atomic E-state index is 13.7. The quantitative estimate of drug-likeness (QED) is 0.579. The van der Waals surface area contributed by atoms with Gasteiger partial charge in [-0.25, -0.2) is 4.98 Å². The molecule has 0 radical (unpaired) electrons. The number of aryl methyl sites for hydroxylation is 2. The summed E-state index contributed by atoms with van der Waals surface area (Å²) < 4.78 is 2.12. The molecule has 0 aliphatic carbocycles. The van der Waals surface area contributed by atoms with E-state index < -0.39 is 5.92 Å². The molecular weight excluding hydrogens is 438 g/mol. The first-order valence-corrected chi connectivity index (χ1v) is 11.9. The molecule has 0 saturated carbocycles. The lowest BCUT2D eigenvalue weighted by molar-refractivity contribution is -0.124. The first kappa shape index (κ1) is 22.9. The van der Waals surface area contributed by atoms with Gasteiger partial charge in [-0.3, -0.25) is 9.59 Å². The molecule has 35 heavy (non-hydrogen) atoms. The number of imidazole rings is 1. The summed E-state index contributed by atoms with van der Waals surface area (Å²) in [7, 11) is 0. The van der Waals surface area contributed by atoms with E-state index in [1.165, 1.54) is 5.56 Å². The number of aromatic nitrogens is 2. The number of benzene rings is 2. The number of nitriles is 1. The Labute approximate surface area is 205 Å². The van der Waals surface area contributed by atoms with Crippen LogP contribution in [0.5, 0.6) is 0 Å². The Morgan fingerprint density at radius 2 is 2.03 bits per heavy atom. The van der Waals surface area contributed by atoms with Crippen molar-refractivity contribution in [2.75, 3.05) is 22.9 Å². The number of anilines is 2. The van der Waals surface area contributed by atoms with Gasteiger partial charge in [-0.05, 0) is 54.8 Å². The third kappa shape index (κ3) is 3.99. The van der Waals surface area contributed by atoms with Crippen molar-refractivity contribution >= 4 is 23.2 Å². The molecule has 2 aliphatic heterocycles. The van der Waals surface area contributed by atoms with E-state index in [4.69, 9.17) is 0 Å². The molecule has 3 heterocycles. The van der Waals surface area contributed by atoms with E-state index in [-0.39, 0.29) is 23.7 Å². The topological polar surface area (TPSA) is 82.2 Å². The standard InChI is InChI=1S/C28H29N5O2/c1-18-10-25-24(12-21(18)15-31-9-8-30-19(31)2)28(3,4)17-33(25)27(35)22-13-26(34)32(16-22)23-7-5-6-20(11-23)14-29/h5-12,22H,13,15-17H2,1-4H3/t22-/m0/s1. The van der Waals surface area contributed by atoms with E-state index in [9.17, 15) is 14.9 Å². The fourth-order valence-corrected chi connectivity index (χ4v) is 5.28. The van der Waals surface area contributed by atoms with Crippen LogP contribution in [0.25, 0.3) is 0 Å². The van der Waals surface area contributed by atoms with Crippen LogP contribution in [-0.4, -0.2) is 34.5 Å². The number of fused-ring (bicyclic) bond motifs is 1. The number of carbonyl (C=O) groups is 2. The summed E-state index contributed by atoms with van der Waals surface area (Å²) in [4.78, 5) is 34.4. The van der Waals surface area contributed by atoms with Gasteiger partial charge in [0.25, 0.3) is 0 Å². The number of amides is 2. The second-order valence-electron chi connectivity index (χ2n) is 10.3. The van der Waals surface area contributed by atoms with Gasteiger partial charge in [0.15, 0.2) is 0 Å². The van der Waals surface area contributed by atoms with Crippen molar-refractivity contribution < 1.29 is 9.59 Å². The average molecular weight is 468 g/mol. The maximum Gasteiger partial charge on any atom is 0.232 e. The molecule has 7 heteroatoms. The molecule has 2 amide bonds. The van der Waals surface area contributed by atoms with Crippen molar-refractivity contribution in [3.63, 3.8) is 0 Å². The fourth-order valence-electron chi connectivity index (χ4n) is 5.28. The molecule has 1 saturated heterocycles. The van der Waals surface area contributed by atoms with Crippen LogP contribution in [0.15, 0.2) is 48.8 Å². The summed E-state index contributed by atoms with van der Waals surface area (Å²) in [5, 5.41) is 9.20. The number of nitrogens with zero attached hydrogens (tertiary/aromatic N) is 5. The van der Waals surface area contributed by atoms with E-state index in [0.29, 0.717) is 24.3 Å². The SMILES string of the molecule is Cc1cc2c(cc1Cn1ccnc1C)C(C)(C)CN2C(=O)[C@H]1CC(=O)N(c2cccc(C#N)c2)C1. The van der Waals surface area contributed by atoms with E-state index >= 15 is 0 Å². The molecule has 0 N–H and O–H groups in total. The van der Waals surface area contributed by atoms with Crippen LogP contribution in [0.3, 0.4) is 0 Å². The predicted octanol–water partition coefficient (Wildman–Crippen LogP) is 4.10. The van der Waals surface area contributed by atoms with Gasteiger partial charge in [0, 0.05) is 55.2 Å². The first-order valence-electron chi connectivity index (χ1n) is 11.9. The van der Waals surface area contributed by atoms with Crippen molar-refractivity contribution in [1.29, 1.82) is 5.26 Å². The Morgan fingerprint density at radius 3 is 2.74 bits per heavy atom. The molecule has 178 valence electrons. The number of hydrogen-bond acceptors (Lipinski definition) is 4. The smallest absolute Gasteiger partial charge is 0.232 e. The van der Waals surface area contributed by atoms with Gasteiger partial charge in [0.1, 0.15) is 5.82 Å². The van der Waals surface area contributed by atoms with Gasteiger partial charge >= 0.3 is 0 Å². The largest absolute Gasteiger partial charge is 0.331 e. The zero-order chi connectivity index (χ0) is 24.9. The minimum atomic E-state index is -0.413. The zero-order valence-electron chi connectivity index (χ0n) is 20.6. The molecule has 3 aromatic rings. The Kier molecular flexibility index (Phi) is 5.47. The highest BCUT2D eigenvalue weighted by Gasteiger charge is 2.43. The summed E-state index contributed by atoms with van der Waals surface area (Å²) in [5.41, 5.74) is 5.42. The normalized spacial score (nSPS) is 18.6. The molecule has 5 rings (SSSR count). The van der Waals surface area contributed by atoms with E-state index in [1.807, 2.05) is 30.3 Å². The number of hydrogen-bond donors (Lipinski definition) is 0. The second kappa shape index (κ2) is 8.38. The lowest BCUT2D eigenvalue weighted by atomic mass is 9.85. The van der Waals surface area contributed by atoms with Crippen LogP contribution in [0, 0.1) is 31.1 Å². The van der Waals surface area contributed by atoms with Crippen LogP contribution in [-0.2, 0) is 21.5 Å². The molecule has 1 atom stereocenters. The molecular formula is C28H29N5O2. The van der Waals surface area contributed by atoms with E-state index in [1.54, 1.807) is 23.1 Å². The van der Waals surface area contributed by atoms with Crippen LogP contribution >= 0.6 is 0 Å². The van der Waals surface area contributed by atoms with Crippen LogP contribution in [0.2, 0.25) is 0 Å². The summed E-state index contributed by atoms with van der Waals surface area (Å²) in [6.07, 6.45) is 3.97. The van der Waals surface area contributed by atoms with Gasteiger partial charge in [-0.1, -0.05) is 26.0 Å². The molecule has 0 unspecified atom stereocenters. The van der Waals surface area contributed by atoms with Crippen LogP contribution in [0.4, 0.5) is 11.4 Å². The van der Waals surface area contributed by atoms with Gasteiger partial charge < -0.3 is 14.4 Å². The summed E-state index contributed by atoms with van der Waals surface area (Å²) in [6.45, 7) is 10.1. The van der Waals surface area contributed by atoms with Crippen molar-refractivity contribution in [2.24, 2.45) is 5.92 Å². The molecule has 2 aromatic carbocycles. The predicted molar refractivity (Wildman–Crippen MR) is 134 cm³/mol. The lowest BCUT2D eigenvalue weighted by Gasteiger charge is -2.24. The van der Waals surface area contributed by atoms with Crippen LogP contribution < -0.4 is 9.80 Å². The van der Waals surface area contributed by atoms with Crippen molar-refractivity contribution in [1.82, 2.24) is 9.55 Å². The van der Waals surface area contributed by atoms with Crippen molar-refractivity contribution in [3.8, 4) is 6.07 Å². The third-order valence-electron chi connectivity index (χ3n) is 7.32. The highest BCUT2D eigenvalue weighted by Crippen LogP contribution is 2.43. The lowest BCUT2D eigenvalue weighted by Crippen LogP contribution is -2.39. The molecule has 7 nitrogen and oxygen atoms in total. The van der Waals surface area contributed by atoms with Crippen LogP contribution in [0.1, 0.15) is 48.3 Å². The fraction of sp³-hybridized carbons (Fsp3) is 0.357. The van der Waals surface area contributed by atoms with Crippen molar-refractivity contribution in [2.45, 2.75) is 46.1 Å². The van der Waals surface area contributed by atoms with Gasteiger partial charge in [0.05, 0.1) is 17.6 Å². The summed E-state index contributed by atoms with van der Waals surface area (Å²) in [6, 6.07) is 13.5. The zero-order valence-corrected chi connectivity index (χ0v) is 20.6. The van der Waals surface area contributed by atoms with Gasteiger partial charge in [0.2, 0.25) is 11.8 Å². The van der Waals surface area contributed by atoms with Gasteiger partial charge in [-0.15, -0.1) is 0 Å². The minimum Gasteiger partial charge on any atom is -0.331 e. The Bertz CT molecular complexity index is 1380. The average Bonchev–Trinajstić information content (AvgIpc) is 3.49. The molecule has 1 fully saturated rings. The Balaban J connectivity index is 1.41. The van der Waals surface area contributed by atoms with E-state index in [2.05, 4.69) is 48.5 Å². The molecule has 0 spiro atoms. The number of carbonyl (C=O) groups excluding carboxylic acids is 2. The highest BCUT2D eigenvalue weighted by molar-refractivity contribution is 6.05. The third-order valence-corrected chi connectivity index (χ3v) is 7.32. The maximum atomic E-state index is 13.7. The molecule has 1 aromatic heterocycles. The minimum absolute atomic E-state index is 0.0123. The molecule has 2 aliphatic rings. The first-order chi connectivity index (χ1) is 16.7. The van der Waals surface area contributed by atoms with E-state index in [0.717, 1.165) is 29.2 Å². The van der Waals surface area contributed by atoms with Gasteiger partial charge in [-0.2, -0.15) is 5.26 Å². The second-order valence-corrected chi connectivity index (χ2v) is 10.3.